The quantitative estimate of drug-likeness (QED) is 0.798. The predicted octanol–water partition coefficient (Wildman–Crippen LogP) is 2.73. The maximum Gasteiger partial charge on any atom is 0.225 e. The summed E-state index contributed by atoms with van der Waals surface area (Å²) in [6.07, 6.45) is 9.53. The Labute approximate surface area is 147 Å². The zero-order chi connectivity index (χ0) is 14.6. The van der Waals surface area contributed by atoms with Crippen molar-refractivity contribution in [3.8, 4) is 0 Å². The zero-order valence-corrected chi connectivity index (χ0v) is 15.6. The van der Waals surface area contributed by atoms with E-state index in [9.17, 15) is 4.79 Å². The second-order valence-electron chi connectivity index (χ2n) is 7.01. The minimum atomic E-state index is -0.320. The summed E-state index contributed by atoms with van der Waals surface area (Å²) in [5, 5.41) is 3.10. The van der Waals surface area contributed by atoms with Gasteiger partial charge in [0.15, 0.2) is 0 Å². The van der Waals surface area contributed by atoms with Crippen LogP contribution in [0.3, 0.4) is 0 Å². The van der Waals surface area contributed by atoms with Gasteiger partial charge < -0.3 is 16.0 Å². The SMILES string of the molecule is CN(CCNC(=O)C1CCCCC1(C)N)C1CCCC1.Cl.Cl. The molecule has 2 rings (SSSR count). The third-order valence-corrected chi connectivity index (χ3v) is 5.28. The average molecular weight is 354 g/mol. The van der Waals surface area contributed by atoms with Crippen LogP contribution in [0, 0.1) is 5.92 Å². The van der Waals surface area contributed by atoms with E-state index < -0.39 is 0 Å². The van der Waals surface area contributed by atoms with Crippen molar-refractivity contribution in [2.24, 2.45) is 11.7 Å². The number of halogens is 2. The maximum atomic E-state index is 12.3. The Kier molecular flexibility index (Phi) is 9.95. The number of likely N-dealkylation sites (N-methyl/N-ethyl adjacent to an activating group) is 1. The molecule has 0 spiro atoms. The van der Waals surface area contributed by atoms with E-state index in [0.717, 1.165) is 44.8 Å². The van der Waals surface area contributed by atoms with Gasteiger partial charge in [0.2, 0.25) is 5.91 Å². The summed E-state index contributed by atoms with van der Waals surface area (Å²) in [6.45, 7) is 3.73. The average Bonchev–Trinajstić information content (AvgIpc) is 2.91. The number of hydrogen-bond donors (Lipinski definition) is 2. The van der Waals surface area contributed by atoms with E-state index >= 15 is 0 Å². The molecule has 2 fully saturated rings. The number of nitrogens with zero attached hydrogens (tertiary/aromatic N) is 1. The van der Waals surface area contributed by atoms with Crippen molar-refractivity contribution in [1.29, 1.82) is 0 Å². The van der Waals surface area contributed by atoms with Gasteiger partial charge in [0.25, 0.3) is 0 Å². The molecule has 0 aromatic heterocycles. The zero-order valence-electron chi connectivity index (χ0n) is 14.0. The number of amides is 1. The predicted molar refractivity (Wildman–Crippen MR) is 96.9 cm³/mol. The normalized spacial score (nSPS) is 28.8. The lowest BCUT2D eigenvalue weighted by Crippen LogP contribution is -2.53. The van der Waals surface area contributed by atoms with Gasteiger partial charge in [0, 0.05) is 24.7 Å². The van der Waals surface area contributed by atoms with E-state index in [-0.39, 0.29) is 42.2 Å². The van der Waals surface area contributed by atoms with E-state index in [4.69, 9.17) is 5.73 Å². The lowest BCUT2D eigenvalue weighted by Gasteiger charge is -2.37. The number of carbonyl (C=O) groups excluding carboxylic acids is 1. The first-order chi connectivity index (χ1) is 9.50. The smallest absolute Gasteiger partial charge is 0.225 e. The third-order valence-electron chi connectivity index (χ3n) is 5.28. The highest BCUT2D eigenvalue weighted by atomic mass is 35.5. The maximum absolute atomic E-state index is 12.3. The molecular weight excluding hydrogens is 321 g/mol. The Morgan fingerprint density at radius 1 is 1.18 bits per heavy atom. The first-order valence-electron chi connectivity index (χ1n) is 8.27. The highest BCUT2D eigenvalue weighted by molar-refractivity contribution is 5.85. The van der Waals surface area contributed by atoms with Crippen LogP contribution >= 0.6 is 24.8 Å². The fraction of sp³-hybridized carbons (Fsp3) is 0.938. The number of nitrogens with two attached hydrogens (primary N) is 1. The van der Waals surface area contributed by atoms with Crippen molar-refractivity contribution >= 4 is 30.7 Å². The number of hydrogen-bond acceptors (Lipinski definition) is 3. The summed E-state index contributed by atoms with van der Waals surface area (Å²) in [5.41, 5.74) is 5.96. The van der Waals surface area contributed by atoms with Crippen LogP contribution in [-0.4, -0.2) is 42.5 Å². The van der Waals surface area contributed by atoms with Crippen molar-refractivity contribution in [3.63, 3.8) is 0 Å². The Hall–Kier alpha value is -0.0300. The molecule has 132 valence electrons. The molecule has 6 heteroatoms. The molecule has 2 atom stereocenters. The largest absolute Gasteiger partial charge is 0.355 e. The molecule has 4 nitrogen and oxygen atoms in total. The molecule has 0 aromatic rings. The van der Waals surface area contributed by atoms with Gasteiger partial charge in [-0.25, -0.2) is 0 Å². The van der Waals surface area contributed by atoms with Crippen molar-refractivity contribution in [2.75, 3.05) is 20.1 Å². The first kappa shape index (κ1) is 22.0. The van der Waals surface area contributed by atoms with E-state index in [1.807, 2.05) is 6.92 Å². The number of rotatable bonds is 5. The van der Waals surface area contributed by atoms with Crippen LogP contribution in [0.2, 0.25) is 0 Å². The molecule has 0 aliphatic heterocycles. The fourth-order valence-electron chi connectivity index (χ4n) is 3.80. The van der Waals surface area contributed by atoms with Crippen LogP contribution in [-0.2, 0) is 4.79 Å². The summed E-state index contributed by atoms with van der Waals surface area (Å²) < 4.78 is 0. The first-order valence-corrected chi connectivity index (χ1v) is 8.27. The van der Waals surface area contributed by atoms with Gasteiger partial charge >= 0.3 is 0 Å². The molecule has 0 heterocycles. The molecular formula is C16H33Cl2N3O. The standard InChI is InChI=1S/C16H31N3O.2ClH/c1-16(17)10-6-5-9-14(16)15(20)18-11-12-19(2)13-7-3-4-8-13;;/h13-14H,3-12,17H2,1-2H3,(H,18,20);2*1H. The van der Waals surface area contributed by atoms with Gasteiger partial charge in [-0.1, -0.05) is 25.7 Å². The monoisotopic (exact) mass is 353 g/mol. The lowest BCUT2D eigenvalue weighted by molar-refractivity contribution is -0.128. The summed E-state index contributed by atoms with van der Waals surface area (Å²) in [4.78, 5) is 14.7. The van der Waals surface area contributed by atoms with Crippen LogP contribution in [0.4, 0.5) is 0 Å². The summed E-state index contributed by atoms with van der Waals surface area (Å²) in [7, 11) is 2.18. The topological polar surface area (TPSA) is 58.4 Å². The molecule has 2 saturated carbocycles. The van der Waals surface area contributed by atoms with E-state index in [1.165, 1.54) is 25.7 Å². The molecule has 0 radical (unpaired) electrons. The van der Waals surface area contributed by atoms with E-state index in [2.05, 4.69) is 17.3 Å². The van der Waals surface area contributed by atoms with Crippen molar-refractivity contribution < 1.29 is 4.79 Å². The molecule has 0 bridgehead atoms. The van der Waals surface area contributed by atoms with Crippen molar-refractivity contribution in [1.82, 2.24) is 10.2 Å². The second-order valence-corrected chi connectivity index (χ2v) is 7.01. The van der Waals surface area contributed by atoms with Crippen molar-refractivity contribution in [2.45, 2.75) is 69.9 Å². The highest BCUT2D eigenvalue weighted by Crippen LogP contribution is 2.31. The van der Waals surface area contributed by atoms with Gasteiger partial charge in [-0.3, -0.25) is 4.79 Å². The van der Waals surface area contributed by atoms with Gasteiger partial charge in [-0.15, -0.1) is 24.8 Å². The molecule has 0 aromatic carbocycles. The van der Waals surface area contributed by atoms with Crippen LogP contribution in [0.25, 0.3) is 0 Å². The van der Waals surface area contributed by atoms with E-state index in [1.54, 1.807) is 0 Å². The van der Waals surface area contributed by atoms with Gasteiger partial charge in [-0.05, 0) is 39.7 Å². The van der Waals surface area contributed by atoms with Crippen LogP contribution < -0.4 is 11.1 Å². The summed E-state index contributed by atoms with van der Waals surface area (Å²) in [6, 6.07) is 0.723. The summed E-state index contributed by atoms with van der Waals surface area (Å²) >= 11 is 0. The molecule has 22 heavy (non-hydrogen) atoms. The van der Waals surface area contributed by atoms with Crippen LogP contribution in [0.1, 0.15) is 58.3 Å². The Morgan fingerprint density at radius 3 is 2.36 bits per heavy atom. The molecule has 2 aliphatic carbocycles. The molecule has 1 amide bonds. The summed E-state index contributed by atoms with van der Waals surface area (Å²) in [5.74, 6) is 0.155. The highest BCUT2D eigenvalue weighted by Gasteiger charge is 2.37. The van der Waals surface area contributed by atoms with Crippen LogP contribution in [0.15, 0.2) is 0 Å². The Balaban J connectivity index is 0.00000220. The fourth-order valence-corrected chi connectivity index (χ4v) is 3.80. The number of nitrogens with one attached hydrogen (secondary N) is 1. The second kappa shape index (κ2) is 9.96. The van der Waals surface area contributed by atoms with Crippen molar-refractivity contribution in [3.05, 3.63) is 0 Å². The molecule has 0 saturated heterocycles. The third kappa shape index (κ3) is 5.88. The van der Waals surface area contributed by atoms with Gasteiger partial charge in [0.05, 0.1) is 5.92 Å². The number of carbonyl (C=O) groups is 1. The Morgan fingerprint density at radius 2 is 1.77 bits per heavy atom. The van der Waals surface area contributed by atoms with Crippen LogP contribution in [0.5, 0.6) is 0 Å². The molecule has 2 aliphatic rings. The minimum absolute atomic E-state index is 0. The van der Waals surface area contributed by atoms with E-state index in [0.29, 0.717) is 0 Å². The van der Waals surface area contributed by atoms with Gasteiger partial charge in [0.1, 0.15) is 0 Å². The molecule has 3 N–H and O–H groups in total. The lowest BCUT2D eigenvalue weighted by atomic mass is 9.74. The molecule has 2 unspecified atom stereocenters. The Bertz CT molecular complexity index is 333. The minimum Gasteiger partial charge on any atom is -0.355 e. The van der Waals surface area contributed by atoms with Gasteiger partial charge in [-0.2, -0.15) is 0 Å².